The summed E-state index contributed by atoms with van der Waals surface area (Å²) in [4.78, 5) is 24.5. The molecule has 0 saturated carbocycles. The summed E-state index contributed by atoms with van der Waals surface area (Å²) in [6.07, 6.45) is 4.52. The highest BCUT2D eigenvalue weighted by atomic mass is 16.5. The Morgan fingerprint density at radius 3 is 2.84 bits per heavy atom. The quantitative estimate of drug-likeness (QED) is 0.702. The van der Waals surface area contributed by atoms with Crippen LogP contribution in [0.5, 0.6) is 11.6 Å². The van der Waals surface area contributed by atoms with Crippen LogP contribution in [0.2, 0.25) is 0 Å². The van der Waals surface area contributed by atoms with E-state index in [9.17, 15) is 4.79 Å². The van der Waals surface area contributed by atoms with E-state index >= 15 is 0 Å². The normalized spacial score (nSPS) is 19.9. The summed E-state index contributed by atoms with van der Waals surface area (Å²) >= 11 is 0. The third-order valence-corrected chi connectivity index (χ3v) is 5.71. The van der Waals surface area contributed by atoms with E-state index in [2.05, 4.69) is 27.6 Å². The number of piperidine rings is 1. The van der Waals surface area contributed by atoms with Gasteiger partial charge in [0.2, 0.25) is 5.88 Å². The summed E-state index contributed by atoms with van der Waals surface area (Å²) in [6, 6.07) is 7.58. The van der Waals surface area contributed by atoms with Gasteiger partial charge >= 0.3 is 0 Å². The summed E-state index contributed by atoms with van der Waals surface area (Å²) in [6.45, 7) is 6.07. The van der Waals surface area contributed by atoms with Gasteiger partial charge in [-0.25, -0.2) is 9.97 Å². The van der Waals surface area contributed by atoms with Crippen molar-refractivity contribution in [2.24, 2.45) is 0 Å². The molecule has 0 aromatic carbocycles. The molecule has 1 atom stereocenters. The molecule has 1 amide bonds. The van der Waals surface area contributed by atoms with Gasteiger partial charge in [-0.1, -0.05) is 0 Å². The van der Waals surface area contributed by atoms with E-state index in [1.165, 1.54) is 0 Å². The maximum absolute atomic E-state index is 13.2. The number of hydrogen-bond donors (Lipinski definition) is 2. The predicted molar refractivity (Wildman–Crippen MR) is 119 cm³/mol. The summed E-state index contributed by atoms with van der Waals surface area (Å²) < 4.78 is 11.9. The Hall–Kier alpha value is -2.71. The van der Waals surface area contributed by atoms with Gasteiger partial charge in [0.15, 0.2) is 11.4 Å². The molecule has 0 aliphatic carbocycles. The molecule has 166 valence electrons. The molecule has 2 N–H and O–H groups in total. The summed E-state index contributed by atoms with van der Waals surface area (Å²) in [5.74, 6) is 0.836. The maximum atomic E-state index is 13.2. The van der Waals surface area contributed by atoms with Crippen molar-refractivity contribution in [3.8, 4) is 22.9 Å². The second-order valence-corrected chi connectivity index (χ2v) is 8.12. The van der Waals surface area contributed by atoms with E-state index in [0.29, 0.717) is 29.6 Å². The molecule has 0 unspecified atom stereocenters. The number of likely N-dealkylation sites (N-methyl/N-ethyl adjacent to an activating group) is 1. The van der Waals surface area contributed by atoms with Crippen molar-refractivity contribution >= 4 is 5.91 Å². The first kappa shape index (κ1) is 21.5. The molecule has 2 aromatic heterocycles. The zero-order valence-corrected chi connectivity index (χ0v) is 18.3. The van der Waals surface area contributed by atoms with Gasteiger partial charge in [0.1, 0.15) is 6.10 Å². The zero-order valence-electron chi connectivity index (χ0n) is 18.3. The van der Waals surface area contributed by atoms with Gasteiger partial charge in [-0.15, -0.1) is 0 Å². The fraction of sp³-hybridized carbons (Fsp3) is 0.522. The third kappa shape index (κ3) is 5.32. The van der Waals surface area contributed by atoms with E-state index in [1.807, 2.05) is 31.2 Å². The monoisotopic (exact) mass is 425 g/mol. The predicted octanol–water partition coefficient (Wildman–Crippen LogP) is 2.11. The van der Waals surface area contributed by atoms with Crippen LogP contribution in [0.3, 0.4) is 0 Å². The molecule has 2 aromatic rings. The standard InChI is InChI=1S/C23H31N5O3/c1-3-30-23-18(5-4-11-25-23)19-6-7-20(31-17-8-12-24-13-9-17)21(27-19)22(29)26-16-10-14-28(2)15-16/h4-7,11,16-17,24H,3,8-10,12-15H2,1-2H3,(H,26,29)/t16-/m1/s1. The first-order chi connectivity index (χ1) is 15.1. The number of likely N-dealkylation sites (tertiary alicyclic amines) is 1. The number of aromatic nitrogens is 2. The Morgan fingerprint density at radius 2 is 2.10 bits per heavy atom. The smallest absolute Gasteiger partial charge is 0.274 e. The van der Waals surface area contributed by atoms with E-state index in [-0.39, 0.29) is 18.1 Å². The number of nitrogens with zero attached hydrogens (tertiary/aromatic N) is 3. The molecule has 8 nitrogen and oxygen atoms in total. The van der Waals surface area contributed by atoms with Gasteiger partial charge in [-0.2, -0.15) is 0 Å². The van der Waals surface area contributed by atoms with Crippen molar-refractivity contribution in [2.45, 2.75) is 38.3 Å². The van der Waals surface area contributed by atoms with E-state index in [1.54, 1.807) is 6.20 Å². The Bertz CT molecular complexity index is 901. The first-order valence-corrected chi connectivity index (χ1v) is 11.1. The van der Waals surface area contributed by atoms with Crippen LogP contribution in [0.4, 0.5) is 0 Å². The van der Waals surface area contributed by atoms with Crippen LogP contribution >= 0.6 is 0 Å². The Labute approximate surface area is 183 Å². The van der Waals surface area contributed by atoms with Crippen LogP contribution in [0.25, 0.3) is 11.3 Å². The lowest BCUT2D eigenvalue weighted by Crippen LogP contribution is -2.38. The van der Waals surface area contributed by atoms with Gasteiger partial charge in [-0.3, -0.25) is 4.79 Å². The van der Waals surface area contributed by atoms with Crippen LogP contribution in [0, 0.1) is 0 Å². The second kappa shape index (κ2) is 10.1. The molecular formula is C23H31N5O3. The summed E-state index contributed by atoms with van der Waals surface area (Å²) in [5, 5.41) is 6.48. The van der Waals surface area contributed by atoms with Crippen LogP contribution in [-0.4, -0.2) is 72.8 Å². The number of carbonyl (C=O) groups excluding carboxylic acids is 1. The molecule has 4 heterocycles. The average molecular weight is 426 g/mol. The minimum Gasteiger partial charge on any atom is -0.488 e. The fourth-order valence-corrected chi connectivity index (χ4v) is 4.09. The highest BCUT2D eigenvalue weighted by Crippen LogP contribution is 2.30. The molecule has 2 saturated heterocycles. The van der Waals surface area contributed by atoms with Gasteiger partial charge < -0.3 is 25.0 Å². The molecule has 31 heavy (non-hydrogen) atoms. The fourth-order valence-electron chi connectivity index (χ4n) is 4.09. The minimum absolute atomic E-state index is 0.0791. The lowest BCUT2D eigenvalue weighted by Gasteiger charge is -2.25. The molecule has 4 rings (SSSR count). The Balaban J connectivity index is 1.64. The zero-order chi connectivity index (χ0) is 21.6. The van der Waals surface area contributed by atoms with E-state index < -0.39 is 0 Å². The summed E-state index contributed by atoms with van der Waals surface area (Å²) in [7, 11) is 2.06. The second-order valence-electron chi connectivity index (χ2n) is 8.12. The average Bonchev–Trinajstić information content (AvgIpc) is 3.20. The minimum atomic E-state index is -0.201. The van der Waals surface area contributed by atoms with Crippen molar-refractivity contribution in [3.05, 3.63) is 36.2 Å². The number of hydrogen-bond acceptors (Lipinski definition) is 7. The molecule has 2 aliphatic rings. The van der Waals surface area contributed by atoms with Crippen molar-refractivity contribution in [3.63, 3.8) is 0 Å². The number of nitrogens with one attached hydrogen (secondary N) is 2. The molecule has 2 aliphatic heterocycles. The van der Waals surface area contributed by atoms with Crippen LogP contribution in [-0.2, 0) is 0 Å². The maximum Gasteiger partial charge on any atom is 0.274 e. The first-order valence-electron chi connectivity index (χ1n) is 11.1. The van der Waals surface area contributed by atoms with Gasteiger partial charge in [0.25, 0.3) is 5.91 Å². The third-order valence-electron chi connectivity index (χ3n) is 5.71. The molecule has 2 fully saturated rings. The van der Waals surface area contributed by atoms with Crippen LogP contribution < -0.4 is 20.1 Å². The van der Waals surface area contributed by atoms with Crippen molar-refractivity contribution in [1.29, 1.82) is 0 Å². The lowest BCUT2D eigenvalue weighted by atomic mass is 10.1. The Kier molecular flexibility index (Phi) is 6.99. The number of rotatable bonds is 7. The number of amides is 1. The van der Waals surface area contributed by atoms with Crippen molar-refractivity contribution < 1.29 is 14.3 Å². The number of carbonyl (C=O) groups is 1. The van der Waals surface area contributed by atoms with Gasteiger partial charge in [0, 0.05) is 18.8 Å². The van der Waals surface area contributed by atoms with Gasteiger partial charge in [-0.05, 0) is 77.1 Å². The topological polar surface area (TPSA) is 88.6 Å². The lowest BCUT2D eigenvalue weighted by molar-refractivity contribution is 0.0921. The number of ether oxygens (including phenoxy) is 2. The SMILES string of the molecule is CCOc1ncccc1-c1ccc(OC2CCNCC2)c(C(=O)N[C@@H]2CCN(C)C2)n1. The molecule has 0 bridgehead atoms. The molecule has 0 radical (unpaired) electrons. The molecule has 0 spiro atoms. The highest BCUT2D eigenvalue weighted by Gasteiger charge is 2.26. The van der Waals surface area contributed by atoms with E-state index in [0.717, 1.165) is 51.0 Å². The largest absolute Gasteiger partial charge is 0.488 e. The summed E-state index contributed by atoms with van der Waals surface area (Å²) in [5.41, 5.74) is 1.72. The van der Waals surface area contributed by atoms with Crippen molar-refractivity contribution in [2.75, 3.05) is 39.8 Å². The van der Waals surface area contributed by atoms with Crippen molar-refractivity contribution in [1.82, 2.24) is 25.5 Å². The molecular weight excluding hydrogens is 394 g/mol. The van der Waals surface area contributed by atoms with Crippen LogP contribution in [0.1, 0.15) is 36.7 Å². The highest BCUT2D eigenvalue weighted by molar-refractivity contribution is 5.96. The molecule has 8 heteroatoms. The number of pyridine rings is 2. The van der Waals surface area contributed by atoms with Gasteiger partial charge in [0.05, 0.1) is 17.9 Å². The Morgan fingerprint density at radius 1 is 1.26 bits per heavy atom. The van der Waals surface area contributed by atoms with Crippen LogP contribution in [0.15, 0.2) is 30.5 Å². The van der Waals surface area contributed by atoms with E-state index in [4.69, 9.17) is 14.5 Å².